The number of imidazole rings is 1. The minimum Gasteiger partial charge on any atom is -0.500 e. The monoisotopic (exact) mass is 1310 g/mol. The second-order valence-electron chi connectivity index (χ2n) is 28.2. The molecule has 0 N–H and O–H groups in total. The van der Waals surface area contributed by atoms with Crippen LogP contribution >= 0.6 is 0 Å². The number of rotatable bonds is 11. The molecule has 0 atom stereocenters. The molecule has 11 aromatic rings. The maximum absolute atomic E-state index is 6.99. The Hall–Kier alpha value is -7.24. The molecule has 4 heterocycles. The molecule has 0 amide bonds. The first-order chi connectivity index (χ1) is 40.2. The standard InChI is InChI=1S/C65H72N3O.C15H16N.Ir/c1-37(2)44-30-51(38(3)4)60(52(31-44)39(5)6)43-26-24-42(25-27-43)45-32-53(40(7)8)61(54(33-45)41(9)10)68-58-23-18-17-22-56(58)67-63(68)50-21-19-20-49-55-36-66-57(35-59(55)69-62(49)50)46-28-47(64(11,12)13)34-48(29-46)65(14,15)16;1-15(2,3)13-9-10-14(16-11-13)12-7-5-4-6-8-12;/h17-20,22-41H,1-16H3;4-7,9-11H,1-3H3;/q2*-1;. The van der Waals surface area contributed by atoms with Crippen LogP contribution in [0.15, 0.2) is 162 Å². The molecule has 1 radical (unpaired) electrons. The largest absolute Gasteiger partial charge is 0.500 e. The zero-order chi connectivity index (χ0) is 61.0. The van der Waals surface area contributed by atoms with Crippen LogP contribution in [0.5, 0.6) is 0 Å². The van der Waals surface area contributed by atoms with E-state index in [1.54, 1.807) is 0 Å². The maximum Gasteiger partial charge on any atom is 0.124 e. The van der Waals surface area contributed by atoms with Crippen LogP contribution in [0.2, 0.25) is 0 Å². The van der Waals surface area contributed by atoms with Gasteiger partial charge in [0.1, 0.15) is 5.58 Å². The molecule has 6 heteroatoms. The van der Waals surface area contributed by atoms with Crippen LogP contribution in [0.1, 0.15) is 206 Å². The number of fused-ring (bicyclic) bond motifs is 4. The number of aromatic nitrogens is 4. The Morgan fingerprint density at radius 2 is 1.02 bits per heavy atom. The minimum atomic E-state index is -0.0109. The first kappa shape index (κ1) is 63.3. The summed E-state index contributed by atoms with van der Waals surface area (Å²) in [6, 6.07) is 59.8. The van der Waals surface area contributed by atoms with Crippen molar-refractivity contribution in [3.8, 4) is 61.8 Å². The Morgan fingerprint density at radius 3 is 1.56 bits per heavy atom. The second-order valence-corrected chi connectivity index (χ2v) is 28.2. The van der Waals surface area contributed by atoms with Crippen LogP contribution in [-0.2, 0) is 36.4 Å². The van der Waals surface area contributed by atoms with Gasteiger partial charge in [0.2, 0.25) is 0 Å². The van der Waals surface area contributed by atoms with E-state index in [0.29, 0.717) is 17.8 Å². The topological polar surface area (TPSA) is 56.7 Å². The molecule has 7 aromatic carbocycles. The Morgan fingerprint density at radius 1 is 0.453 bits per heavy atom. The van der Waals surface area contributed by atoms with Crippen molar-refractivity contribution in [1.29, 1.82) is 0 Å². The molecule has 0 aliphatic heterocycles. The van der Waals surface area contributed by atoms with Crippen molar-refractivity contribution in [3.63, 3.8) is 0 Å². The molecule has 0 saturated carbocycles. The fourth-order valence-corrected chi connectivity index (χ4v) is 11.7. The average molecular weight is 1310 g/mol. The van der Waals surface area contributed by atoms with E-state index in [2.05, 4.69) is 268 Å². The summed E-state index contributed by atoms with van der Waals surface area (Å²) < 4.78 is 9.38. The first-order valence-corrected chi connectivity index (χ1v) is 31.0. The van der Waals surface area contributed by atoms with Gasteiger partial charge in [0, 0.05) is 55.2 Å². The first-order valence-electron chi connectivity index (χ1n) is 31.0. The molecule has 11 rings (SSSR count). The fourth-order valence-electron chi connectivity index (χ4n) is 11.7. The molecule has 4 aromatic heterocycles. The third-order valence-corrected chi connectivity index (χ3v) is 17.0. The number of nitrogens with zero attached hydrogens (tertiary/aromatic N) is 4. The summed E-state index contributed by atoms with van der Waals surface area (Å²) in [4.78, 5) is 15.0. The van der Waals surface area contributed by atoms with Crippen molar-refractivity contribution in [2.45, 2.75) is 177 Å². The van der Waals surface area contributed by atoms with Crippen molar-refractivity contribution < 1.29 is 24.5 Å². The number of hydrogen-bond donors (Lipinski definition) is 0. The summed E-state index contributed by atoms with van der Waals surface area (Å²) >= 11 is 0. The van der Waals surface area contributed by atoms with E-state index in [0.717, 1.165) is 66.9 Å². The van der Waals surface area contributed by atoms with Crippen LogP contribution in [0.4, 0.5) is 0 Å². The summed E-state index contributed by atoms with van der Waals surface area (Å²) in [6.07, 6.45) is 3.94. The molecule has 0 unspecified atom stereocenters. The predicted molar refractivity (Wildman–Crippen MR) is 362 cm³/mol. The summed E-state index contributed by atoms with van der Waals surface area (Å²) in [5.74, 6) is 2.57. The summed E-state index contributed by atoms with van der Waals surface area (Å²) in [5, 5.41) is 1.98. The molecule has 445 valence electrons. The van der Waals surface area contributed by atoms with E-state index in [-0.39, 0.29) is 48.2 Å². The molecule has 0 aliphatic rings. The van der Waals surface area contributed by atoms with Gasteiger partial charge in [0.05, 0.1) is 28.1 Å². The molecule has 5 nitrogen and oxygen atoms in total. The van der Waals surface area contributed by atoms with Gasteiger partial charge in [0.25, 0.3) is 0 Å². The zero-order valence-corrected chi connectivity index (χ0v) is 56.8. The molecular weight excluding hydrogens is 1230 g/mol. The molecule has 0 saturated heterocycles. The number of furan rings is 1. The van der Waals surface area contributed by atoms with Gasteiger partial charge in [-0.3, -0.25) is 9.97 Å². The Labute approximate surface area is 527 Å². The number of benzene rings is 7. The van der Waals surface area contributed by atoms with E-state index in [1.807, 2.05) is 42.7 Å². The van der Waals surface area contributed by atoms with Gasteiger partial charge in [0.15, 0.2) is 0 Å². The van der Waals surface area contributed by atoms with Crippen LogP contribution in [0.25, 0.3) is 94.8 Å². The van der Waals surface area contributed by atoms with Gasteiger partial charge in [-0.25, -0.2) is 0 Å². The minimum absolute atomic E-state index is 0. The number of para-hydroxylation sites is 2. The van der Waals surface area contributed by atoms with Crippen molar-refractivity contribution in [2.24, 2.45) is 0 Å². The second kappa shape index (κ2) is 24.9. The van der Waals surface area contributed by atoms with E-state index >= 15 is 0 Å². The van der Waals surface area contributed by atoms with Crippen molar-refractivity contribution in [1.82, 2.24) is 19.5 Å². The van der Waals surface area contributed by atoms with Crippen LogP contribution < -0.4 is 0 Å². The molecule has 0 fully saturated rings. The Balaban J connectivity index is 0.000000449. The third-order valence-electron chi connectivity index (χ3n) is 17.0. The van der Waals surface area contributed by atoms with Gasteiger partial charge in [-0.2, -0.15) is 0 Å². The van der Waals surface area contributed by atoms with Gasteiger partial charge < -0.3 is 14.0 Å². The SMILES string of the molecule is CC(C)(C)c1ccc(-c2[c-]cccc2)nc1.CC(C)c1cc(C(C)C)c(-c2ccc(-c3cc(C(C)C)c(-n4c(-c5[c-]ccc6c5oc5cc(-c7cc(C(C)(C)C)cc(C(C)(C)C)c7)ncc56)nc5ccccc54)c(C(C)C)c3)cc2)c(C(C)C)c1.[Ir]. The normalized spacial score (nSPS) is 12.3. The average Bonchev–Trinajstić information content (AvgIpc) is 1.55. The number of pyridine rings is 2. The van der Waals surface area contributed by atoms with Crippen LogP contribution in [0, 0.1) is 12.1 Å². The quantitative estimate of drug-likeness (QED) is 0.121. The molecule has 0 spiro atoms. The number of hydrogen-bond acceptors (Lipinski definition) is 4. The van der Waals surface area contributed by atoms with E-state index in [9.17, 15) is 0 Å². The van der Waals surface area contributed by atoms with Crippen molar-refractivity contribution in [3.05, 3.63) is 215 Å². The van der Waals surface area contributed by atoms with E-state index in [4.69, 9.17) is 14.4 Å². The fraction of sp³-hybridized carbons (Fsp3) is 0.338. The summed E-state index contributed by atoms with van der Waals surface area (Å²) in [6.45, 7) is 43.4. The van der Waals surface area contributed by atoms with Crippen molar-refractivity contribution >= 4 is 33.0 Å². The molecule has 86 heavy (non-hydrogen) atoms. The van der Waals surface area contributed by atoms with Crippen LogP contribution in [0.3, 0.4) is 0 Å². The predicted octanol–water partition coefficient (Wildman–Crippen LogP) is 22.8. The Bertz CT molecular complexity index is 4100. The molecule has 0 aliphatic carbocycles. The third kappa shape index (κ3) is 12.9. The van der Waals surface area contributed by atoms with Gasteiger partial charge in [-0.1, -0.05) is 209 Å². The molecular formula is C80H88IrN4O-2. The zero-order valence-electron chi connectivity index (χ0n) is 54.4. The Kier molecular flexibility index (Phi) is 18.3. The van der Waals surface area contributed by atoms with Gasteiger partial charge >= 0.3 is 0 Å². The van der Waals surface area contributed by atoms with Crippen molar-refractivity contribution in [2.75, 3.05) is 0 Å². The van der Waals surface area contributed by atoms with E-state index in [1.165, 1.54) is 72.4 Å². The molecule has 0 bridgehead atoms. The summed E-state index contributed by atoms with van der Waals surface area (Å²) in [7, 11) is 0. The smallest absolute Gasteiger partial charge is 0.124 e. The van der Waals surface area contributed by atoms with Gasteiger partial charge in [-0.05, 0) is 155 Å². The maximum atomic E-state index is 6.99. The van der Waals surface area contributed by atoms with Gasteiger partial charge in [-0.15, -0.1) is 54.1 Å². The van der Waals surface area contributed by atoms with E-state index < -0.39 is 0 Å². The summed E-state index contributed by atoms with van der Waals surface area (Å²) in [5.41, 5.74) is 25.5. The van der Waals surface area contributed by atoms with Crippen LogP contribution in [-0.4, -0.2) is 19.5 Å².